The number of anilines is 2. The fraction of sp³-hybridized carbons (Fsp3) is 0.400. The van der Waals surface area contributed by atoms with E-state index in [9.17, 15) is 0 Å². The molecule has 0 saturated heterocycles. The molecule has 4 nitrogen and oxygen atoms in total. The molecular formula is C10H15N3OS. The van der Waals surface area contributed by atoms with E-state index in [1.807, 2.05) is 20.2 Å². The van der Waals surface area contributed by atoms with Crippen LogP contribution in [-0.4, -0.2) is 31.0 Å². The van der Waals surface area contributed by atoms with Gasteiger partial charge in [0.25, 0.3) is 0 Å². The third kappa shape index (κ3) is 1.85. The van der Waals surface area contributed by atoms with Crippen molar-refractivity contribution in [3.8, 4) is 5.75 Å². The molecule has 1 aromatic carbocycles. The summed E-state index contributed by atoms with van der Waals surface area (Å²) in [5.74, 6) is 0.734. The number of ether oxygens (including phenoxy) is 1. The number of benzene rings is 1. The molecule has 15 heavy (non-hydrogen) atoms. The average molecular weight is 225 g/mol. The molecule has 4 N–H and O–H groups in total. The Balaban J connectivity index is 2.36. The predicted octanol–water partition coefficient (Wildman–Crippen LogP) is 1.22. The number of hydrogen-bond acceptors (Lipinski definition) is 5. The van der Waals surface area contributed by atoms with Crippen molar-refractivity contribution in [2.45, 2.75) is 10.3 Å². The maximum Gasteiger partial charge on any atom is 0.157 e. The summed E-state index contributed by atoms with van der Waals surface area (Å²) < 4.78 is 5.64. The largest absolute Gasteiger partial charge is 0.488 e. The number of nitrogens with two attached hydrogens (primary N) is 2. The molecule has 1 aliphatic heterocycles. The Morgan fingerprint density at radius 2 is 2.00 bits per heavy atom. The number of rotatable bonds is 1. The van der Waals surface area contributed by atoms with Gasteiger partial charge < -0.3 is 16.2 Å². The van der Waals surface area contributed by atoms with Gasteiger partial charge in [0.05, 0.1) is 16.0 Å². The SMILES string of the molecule is CN(C)C1COc2c(N)ccc(N)c2S1. The highest BCUT2D eigenvalue weighted by Crippen LogP contribution is 2.44. The standard InChI is InChI=1S/C10H15N3OS/c1-13(2)8-5-14-9-6(11)3-4-7(12)10(9)15-8/h3-4,8H,5,11-12H2,1-2H3. The van der Waals surface area contributed by atoms with Crippen LogP contribution in [-0.2, 0) is 0 Å². The van der Waals surface area contributed by atoms with Crippen LogP contribution in [0.2, 0.25) is 0 Å². The van der Waals surface area contributed by atoms with Gasteiger partial charge in [-0.1, -0.05) is 11.8 Å². The normalized spacial score (nSPS) is 19.8. The Hall–Kier alpha value is -1.07. The quantitative estimate of drug-likeness (QED) is 0.704. The Bertz CT molecular complexity index is 381. The summed E-state index contributed by atoms with van der Waals surface area (Å²) >= 11 is 1.70. The summed E-state index contributed by atoms with van der Waals surface area (Å²) in [6.07, 6.45) is 0. The van der Waals surface area contributed by atoms with Gasteiger partial charge in [0.15, 0.2) is 5.75 Å². The molecule has 5 heteroatoms. The van der Waals surface area contributed by atoms with Crippen LogP contribution in [0.3, 0.4) is 0 Å². The minimum Gasteiger partial charge on any atom is -0.488 e. The maximum atomic E-state index is 5.90. The molecule has 1 unspecified atom stereocenters. The van der Waals surface area contributed by atoms with Gasteiger partial charge >= 0.3 is 0 Å². The lowest BCUT2D eigenvalue weighted by molar-refractivity contribution is 0.231. The molecule has 0 fully saturated rings. The van der Waals surface area contributed by atoms with Gasteiger partial charge in [-0.15, -0.1) is 0 Å². The molecule has 0 bridgehead atoms. The van der Waals surface area contributed by atoms with Crippen LogP contribution in [0, 0.1) is 0 Å². The van der Waals surface area contributed by atoms with Crippen molar-refractivity contribution in [2.24, 2.45) is 0 Å². The van der Waals surface area contributed by atoms with Gasteiger partial charge in [-0.3, -0.25) is 4.90 Å². The molecule has 82 valence electrons. The smallest absolute Gasteiger partial charge is 0.157 e. The highest BCUT2D eigenvalue weighted by molar-refractivity contribution is 8.00. The van der Waals surface area contributed by atoms with Crippen molar-refractivity contribution < 1.29 is 4.74 Å². The molecule has 2 rings (SSSR count). The zero-order valence-electron chi connectivity index (χ0n) is 8.86. The van der Waals surface area contributed by atoms with Gasteiger partial charge in [0.2, 0.25) is 0 Å². The number of thioether (sulfide) groups is 1. The van der Waals surface area contributed by atoms with Crippen molar-refractivity contribution in [1.82, 2.24) is 4.90 Å². The van der Waals surface area contributed by atoms with Crippen LogP contribution >= 0.6 is 11.8 Å². The highest BCUT2D eigenvalue weighted by atomic mass is 32.2. The van der Waals surface area contributed by atoms with Crippen molar-refractivity contribution in [3.05, 3.63) is 12.1 Å². The van der Waals surface area contributed by atoms with Crippen LogP contribution in [0.25, 0.3) is 0 Å². The monoisotopic (exact) mass is 225 g/mol. The molecule has 0 spiro atoms. The molecule has 1 aliphatic rings. The maximum absolute atomic E-state index is 5.90. The van der Waals surface area contributed by atoms with Crippen LogP contribution in [0.15, 0.2) is 17.0 Å². The molecule has 1 atom stereocenters. The minimum atomic E-state index is 0.293. The van der Waals surface area contributed by atoms with Crippen molar-refractivity contribution in [3.63, 3.8) is 0 Å². The molecule has 0 aromatic heterocycles. The van der Waals surface area contributed by atoms with E-state index in [2.05, 4.69) is 4.90 Å². The second kappa shape index (κ2) is 3.83. The lowest BCUT2D eigenvalue weighted by Crippen LogP contribution is -2.33. The van der Waals surface area contributed by atoms with Crippen molar-refractivity contribution in [1.29, 1.82) is 0 Å². The number of nitrogen functional groups attached to an aromatic ring is 2. The van der Waals surface area contributed by atoms with Gasteiger partial charge in [-0.2, -0.15) is 0 Å². The third-order valence-electron chi connectivity index (χ3n) is 2.37. The molecule has 1 aromatic rings. The number of fused-ring (bicyclic) bond motifs is 1. The summed E-state index contributed by atoms with van der Waals surface area (Å²) in [7, 11) is 4.04. The summed E-state index contributed by atoms with van der Waals surface area (Å²) in [6.45, 7) is 0.637. The van der Waals surface area contributed by atoms with Crippen molar-refractivity contribution in [2.75, 3.05) is 32.2 Å². The first kappa shape index (κ1) is 10.4. The van der Waals surface area contributed by atoms with Gasteiger partial charge in [0, 0.05) is 5.69 Å². The van der Waals surface area contributed by atoms with E-state index in [0.717, 1.165) is 16.3 Å². The zero-order valence-corrected chi connectivity index (χ0v) is 9.67. The van der Waals surface area contributed by atoms with E-state index in [-0.39, 0.29) is 0 Å². The van der Waals surface area contributed by atoms with E-state index in [1.54, 1.807) is 17.8 Å². The van der Waals surface area contributed by atoms with Gasteiger partial charge in [-0.05, 0) is 26.2 Å². The lowest BCUT2D eigenvalue weighted by Gasteiger charge is -2.30. The summed E-state index contributed by atoms with van der Waals surface area (Å²) in [4.78, 5) is 3.07. The first-order valence-electron chi connectivity index (χ1n) is 4.73. The number of hydrogen-bond donors (Lipinski definition) is 2. The van der Waals surface area contributed by atoms with E-state index < -0.39 is 0 Å². The minimum absolute atomic E-state index is 0.293. The van der Waals surface area contributed by atoms with Crippen LogP contribution in [0.5, 0.6) is 5.75 Å². The summed E-state index contributed by atoms with van der Waals surface area (Å²) in [5.41, 5.74) is 13.1. The van der Waals surface area contributed by atoms with E-state index >= 15 is 0 Å². The highest BCUT2D eigenvalue weighted by Gasteiger charge is 2.25. The van der Waals surface area contributed by atoms with Crippen LogP contribution < -0.4 is 16.2 Å². The van der Waals surface area contributed by atoms with Crippen molar-refractivity contribution >= 4 is 23.1 Å². The van der Waals surface area contributed by atoms with Crippen LogP contribution in [0.1, 0.15) is 0 Å². The first-order chi connectivity index (χ1) is 7.09. The molecular weight excluding hydrogens is 210 g/mol. The average Bonchev–Trinajstić information content (AvgIpc) is 2.23. The topological polar surface area (TPSA) is 64.5 Å². The zero-order chi connectivity index (χ0) is 11.0. The summed E-state index contributed by atoms with van der Waals surface area (Å²) in [5, 5.41) is 0.293. The molecule has 0 saturated carbocycles. The second-order valence-electron chi connectivity index (χ2n) is 3.75. The van der Waals surface area contributed by atoms with E-state index in [4.69, 9.17) is 16.2 Å². The third-order valence-corrected chi connectivity index (χ3v) is 3.86. The molecule has 0 aliphatic carbocycles. The Morgan fingerprint density at radius 1 is 1.33 bits per heavy atom. The molecule has 1 heterocycles. The number of nitrogens with zero attached hydrogens (tertiary/aromatic N) is 1. The van der Waals surface area contributed by atoms with Gasteiger partial charge in [-0.25, -0.2) is 0 Å². The first-order valence-corrected chi connectivity index (χ1v) is 5.61. The second-order valence-corrected chi connectivity index (χ2v) is 4.94. The van der Waals surface area contributed by atoms with Crippen LogP contribution in [0.4, 0.5) is 11.4 Å². The fourth-order valence-corrected chi connectivity index (χ4v) is 2.55. The van der Waals surface area contributed by atoms with Gasteiger partial charge in [0.1, 0.15) is 6.61 Å². The summed E-state index contributed by atoms with van der Waals surface area (Å²) in [6, 6.07) is 3.60. The Kier molecular flexibility index (Phi) is 2.67. The number of likely N-dealkylation sites (N-methyl/N-ethyl adjacent to an activating group) is 1. The van der Waals surface area contributed by atoms with E-state index in [1.165, 1.54) is 0 Å². The predicted molar refractivity (Wildman–Crippen MR) is 64.1 cm³/mol. The Labute approximate surface area is 93.6 Å². The van der Waals surface area contributed by atoms with E-state index in [0.29, 0.717) is 17.7 Å². The molecule has 0 amide bonds. The molecule has 0 radical (unpaired) electrons. The Morgan fingerprint density at radius 3 is 2.67 bits per heavy atom. The lowest BCUT2D eigenvalue weighted by atomic mass is 10.2. The fourth-order valence-electron chi connectivity index (χ4n) is 1.44.